The molecule has 0 N–H and O–H groups in total. The van der Waals surface area contributed by atoms with Crippen molar-refractivity contribution in [3.8, 4) is 0 Å². The molecular weight excluding hydrogens is 232 g/mol. The van der Waals surface area contributed by atoms with Gasteiger partial charge < -0.3 is 17.4 Å². The molecule has 0 spiro atoms. The Bertz CT molecular complexity index is 135. The Labute approximate surface area is 92.5 Å². The summed E-state index contributed by atoms with van der Waals surface area (Å²) in [5.41, 5.74) is 0. The second kappa shape index (κ2) is 7.74. The third-order valence-electron chi connectivity index (χ3n) is 2.43. The van der Waals surface area contributed by atoms with Crippen LogP contribution in [-0.2, 0) is 17.4 Å². The molecule has 0 radical (unpaired) electrons. The highest BCUT2D eigenvalue weighted by Crippen LogP contribution is 2.17. The number of hydrogen-bond acceptors (Lipinski definition) is 4. The van der Waals surface area contributed by atoms with Gasteiger partial charge in [-0.05, 0) is 19.0 Å². The topological polar surface area (TPSA) is 36.9 Å². The molecule has 0 aliphatic rings. The molecule has 0 aliphatic heterocycles. The van der Waals surface area contributed by atoms with Crippen LogP contribution in [0, 0.1) is 0 Å². The standard InChI is InChI=1S/C7H22O4Si3/c1-8-14(9-2,10-3)7-5-6-13(4)11-12/h13H,5-7H2,1-4,12H3. The first-order valence-electron chi connectivity index (χ1n) is 4.82. The molecule has 0 fully saturated rings. The Morgan fingerprint density at radius 2 is 1.64 bits per heavy atom. The zero-order valence-electron chi connectivity index (χ0n) is 9.83. The van der Waals surface area contributed by atoms with E-state index in [1.165, 1.54) is 6.04 Å². The fourth-order valence-electron chi connectivity index (χ4n) is 1.28. The van der Waals surface area contributed by atoms with Crippen LogP contribution in [0.4, 0.5) is 0 Å². The average molecular weight is 255 g/mol. The summed E-state index contributed by atoms with van der Waals surface area (Å²) in [7, 11) is 2.62. The van der Waals surface area contributed by atoms with Gasteiger partial charge in [-0.2, -0.15) is 0 Å². The van der Waals surface area contributed by atoms with E-state index in [1.54, 1.807) is 21.3 Å². The summed E-state index contributed by atoms with van der Waals surface area (Å²) in [6.45, 7) is 2.22. The molecule has 1 atom stereocenters. The minimum Gasteiger partial charge on any atom is -0.466 e. The van der Waals surface area contributed by atoms with Crippen molar-refractivity contribution in [1.82, 2.24) is 0 Å². The third-order valence-corrected chi connectivity index (χ3v) is 9.70. The summed E-state index contributed by atoms with van der Waals surface area (Å²) >= 11 is 0. The summed E-state index contributed by atoms with van der Waals surface area (Å²) in [6, 6.07) is 2.06. The summed E-state index contributed by atoms with van der Waals surface area (Å²) in [5, 5.41) is 0. The second-order valence-electron chi connectivity index (χ2n) is 3.23. The molecule has 14 heavy (non-hydrogen) atoms. The van der Waals surface area contributed by atoms with Crippen molar-refractivity contribution in [2.75, 3.05) is 21.3 Å². The van der Waals surface area contributed by atoms with E-state index >= 15 is 0 Å². The lowest BCUT2D eigenvalue weighted by Crippen LogP contribution is -2.42. The minimum absolute atomic E-state index is 0.861. The van der Waals surface area contributed by atoms with E-state index < -0.39 is 17.8 Å². The van der Waals surface area contributed by atoms with Gasteiger partial charge in [0.15, 0.2) is 9.04 Å². The lowest BCUT2D eigenvalue weighted by Gasteiger charge is -2.24. The van der Waals surface area contributed by atoms with Crippen molar-refractivity contribution in [2.24, 2.45) is 0 Å². The predicted octanol–water partition coefficient (Wildman–Crippen LogP) is -0.0948. The monoisotopic (exact) mass is 254 g/mol. The van der Waals surface area contributed by atoms with Crippen LogP contribution in [-0.4, -0.2) is 49.7 Å². The van der Waals surface area contributed by atoms with E-state index in [0.717, 1.165) is 23.0 Å². The molecule has 0 aliphatic carbocycles. The van der Waals surface area contributed by atoms with Gasteiger partial charge in [-0.3, -0.25) is 0 Å². The van der Waals surface area contributed by atoms with Crippen LogP contribution in [0.2, 0.25) is 18.6 Å². The van der Waals surface area contributed by atoms with Gasteiger partial charge in [0, 0.05) is 27.4 Å². The van der Waals surface area contributed by atoms with Gasteiger partial charge >= 0.3 is 8.80 Å². The first-order valence-corrected chi connectivity index (χ1v) is 10.0. The van der Waals surface area contributed by atoms with Crippen molar-refractivity contribution >= 4 is 28.3 Å². The van der Waals surface area contributed by atoms with Crippen molar-refractivity contribution in [1.29, 1.82) is 0 Å². The fraction of sp³-hybridized carbons (Fsp3) is 1.00. The van der Waals surface area contributed by atoms with E-state index in [4.69, 9.17) is 17.4 Å². The van der Waals surface area contributed by atoms with Gasteiger partial charge in [0.2, 0.25) is 0 Å². The normalized spacial score (nSPS) is 14.6. The average Bonchev–Trinajstić information content (AvgIpc) is 2.25. The number of rotatable bonds is 8. The maximum Gasteiger partial charge on any atom is 0.500 e. The first kappa shape index (κ1) is 14.5. The van der Waals surface area contributed by atoms with E-state index in [-0.39, 0.29) is 0 Å². The molecule has 0 aromatic heterocycles. The van der Waals surface area contributed by atoms with Gasteiger partial charge in [-0.15, -0.1) is 0 Å². The highest BCUT2D eigenvalue weighted by atomic mass is 28.4. The molecule has 0 heterocycles. The molecule has 0 rings (SSSR count). The van der Waals surface area contributed by atoms with Crippen LogP contribution in [0.15, 0.2) is 0 Å². The molecule has 0 bridgehead atoms. The van der Waals surface area contributed by atoms with E-state index in [2.05, 4.69) is 6.55 Å². The van der Waals surface area contributed by atoms with Crippen LogP contribution in [0.3, 0.4) is 0 Å². The van der Waals surface area contributed by atoms with E-state index in [9.17, 15) is 0 Å². The fourth-order valence-corrected chi connectivity index (χ4v) is 5.16. The molecule has 7 heteroatoms. The molecule has 1 unspecified atom stereocenters. The zero-order chi connectivity index (χ0) is 11.0. The van der Waals surface area contributed by atoms with Crippen molar-refractivity contribution in [3.05, 3.63) is 0 Å². The maximum atomic E-state index is 5.44. The van der Waals surface area contributed by atoms with Gasteiger partial charge in [0.1, 0.15) is 10.5 Å². The largest absolute Gasteiger partial charge is 0.500 e. The summed E-state index contributed by atoms with van der Waals surface area (Å²) < 4.78 is 21.4. The van der Waals surface area contributed by atoms with Gasteiger partial charge in [-0.25, -0.2) is 0 Å². The lowest BCUT2D eigenvalue weighted by molar-refractivity contribution is 0.123. The Morgan fingerprint density at radius 3 is 2.00 bits per heavy atom. The van der Waals surface area contributed by atoms with Gasteiger partial charge in [0.05, 0.1) is 0 Å². The number of hydrogen-bond donors (Lipinski definition) is 0. The molecule has 4 nitrogen and oxygen atoms in total. The highest BCUT2D eigenvalue weighted by molar-refractivity contribution is 6.61. The van der Waals surface area contributed by atoms with Gasteiger partial charge in [0.25, 0.3) is 0 Å². The van der Waals surface area contributed by atoms with Crippen LogP contribution >= 0.6 is 0 Å². The molecule has 0 amide bonds. The molecule has 0 aromatic carbocycles. The Balaban J connectivity index is 3.82. The Morgan fingerprint density at radius 1 is 1.14 bits per heavy atom. The van der Waals surface area contributed by atoms with Crippen LogP contribution in [0.5, 0.6) is 0 Å². The first-order chi connectivity index (χ1) is 6.64. The molecule has 86 valence electrons. The van der Waals surface area contributed by atoms with Crippen LogP contribution in [0.25, 0.3) is 0 Å². The lowest BCUT2D eigenvalue weighted by atomic mass is 10.6. The summed E-state index contributed by atoms with van der Waals surface area (Å²) in [4.78, 5) is 0. The van der Waals surface area contributed by atoms with Crippen molar-refractivity contribution in [2.45, 2.75) is 25.1 Å². The summed E-state index contributed by atoms with van der Waals surface area (Å²) in [6.07, 6.45) is 1.08. The molecular formula is C7H22O4Si3. The highest BCUT2D eigenvalue weighted by Gasteiger charge is 2.36. The van der Waals surface area contributed by atoms with Crippen LogP contribution < -0.4 is 0 Å². The second-order valence-corrected chi connectivity index (χ2v) is 10.4. The van der Waals surface area contributed by atoms with E-state index in [0.29, 0.717) is 0 Å². The zero-order valence-corrected chi connectivity index (χ0v) is 14.0. The van der Waals surface area contributed by atoms with E-state index in [1.807, 2.05) is 0 Å². The SMILES string of the molecule is CO[Si](CCC[SiH](C)O[SiH3])(OC)OC. The maximum absolute atomic E-state index is 5.44. The smallest absolute Gasteiger partial charge is 0.466 e. The molecule has 0 saturated carbocycles. The minimum atomic E-state index is -2.32. The quantitative estimate of drug-likeness (QED) is 0.567. The molecule has 0 saturated heterocycles. The predicted molar refractivity (Wildman–Crippen MR) is 65.0 cm³/mol. The Hall–Kier alpha value is 0.491. The van der Waals surface area contributed by atoms with Gasteiger partial charge in [-0.1, -0.05) is 0 Å². The Kier molecular flexibility index (Phi) is 8.01. The van der Waals surface area contributed by atoms with Crippen molar-refractivity contribution < 1.29 is 17.4 Å². The molecule has 0 aromatic rings. The van der Waals surface area contributed by atoms with Crippen molar-refractivity contribution in [3.63, 3.8) is 0 Å². The van der Waals surface area contributed by atoms with Crippen LogP contribution in [0.1, 0.15) is 6.42 Å². The summed E-state index contributed by atoms with van der Waals surface area (Å²) in [5.74, 6) is 0. The third kappa shape index (κ3) is 4.82.